The summed E-state index contributed by atoms with van der Waals surface area (Å²) < 4.78 is 11.2. The lowest BCUT2D eigenvalue weighted by molar-refractivity contribution is -0.156. The highest BCUT2D eigenvalue weighted by atomic mass is 16.5. The first-order valence-corrected chi connectivity index (χ1v) is 9.42. The number of ether oxygens (including phenoxy) is 2. The molecule has 0 N–H and O–H groups in total. The third-order valence-electron chi connectivity index (χ3n) is 5.38. The van der Waals surface area contributed by atoms with E-state index in [1.54, 1.807) is 0 Å². The second-order valence-electron chi connectivity index (χ2n) is 7.46. The van der Waals surface area contributed by atoms with Crippen molar-refractivity contribution >= 4 is 11.9 Å². The van der Waals surface area contributed by atoms with Crippen LogP contribution in [0.3, 0.4) is 0 Å². The summed E-state index contributed by atoms with van der Waals surface area (Å²) in [4.78, 5) is 29.1. The predicted octanol–water partition coefficient (Wildman–Crippen LogP) is 1.57. The molecule has 3 atom stereocenters. The van der Waals surface area contributed by atoms with Gasteiger partial charge in [-0.25, -0.2) is 0 Å². The summed E-state index contributed by atoms with van der Waals surface area (Å²) in [7, 11) is 0. The first kappa shape index (κ1) is 17.7. The van der Waals surface area contributed by atoms with Crippen molar-refractivity contribution in [1.82, 2.24) is 9.80 Å². The molecule has 24 heavy (non-hydrogen) atoms. The van der Waals surface area contributed by atoms with Gasteiger partial charge in [-0.1, -0.05) is 12.8 Å². The van der Waals surface area contributed by atoms with Gasteiger partial charge in [0.25, 0.3) is 0 Å². The zero-order chi connectivity index (χ0) is 17.1. The summed E-state index contributed by atoms with van der Waals surface area (Å²) in [5.74, 6) is -0.0488. The quantitative estimate of drug-likeness (QED) is 0.728. The molecular formula is C18H30N2O4. The van der Waals surface area contributed by atoms with Gasteiger partial charge in [-0.2, -0.15) is 0 Å². The highest BCUT2D eigenvalue weighted by Crippen LogP contribution is 2.29. The molecule has 1 saturated carbocycles. The van der Waals surface area contributed by atoms with Gasteiger partial charge in [0.15, 0.2) is 0 Å². The molecule has 2 saturated heterocycles. The van der Waals surface area contributed by atoms with Crippen molar-refractivity contribution in [3.8, 4) is 0 Å². The molecule has 0 bridgehead atoms. The van der Waals surface area contributed by atoms with Crippen molar-refractivity contribution in [3.63, 3.8) is 0 Å². The standard InChI is InChI=1S/C18H30N2O4/c1-13(2)24-18(22)15-7-5-9-19(15)12-17(21)20-10-11-23-16-8-4-3-6-14(16)20/h13-16H,3-12H2,1-2H3/t14-,15-,16+/m0/s1. The van der Waals surface area contributed by atoms with Gasteiger partial charge in [-0.3, -0.25) is 14.5 Å². The second-order valence-corrected chi connectivity index (χ2v) is 7.46. The van der Waals surface area contributed by atoms with Crippen LogP contribution in [0.5, 0.6) is 0 Å². The molecule has 1 amide bonds. The van der Waals surface area contributed by atoms with E-state index >= 15 is 0 Å². The second kappa shape index (κ2) is 7.83. The van der Waals surface area contributed by atoms with Crippen molar-refractivity contribution in [1.29, 1.82) is 0 Å². The van der Waals surface area contributed by atoms with Gasteiger partial charge in [0, 0.05) is 6.54 Å². The SMILES string of the molecule is CC(C)OC(=O)[C@@H]1CCCN1CC(=O)N1CCO[C@@H]2CCCC[C@@H]21. The van der Waals surface area contributed by atoms with E-state index in [4.69, 9.17) is 9.47 Å². The molecule has 3 aliphatic rings. The van der Waals surface area contributed by atoms with E-state index in [-0.39, 0.29) is 36.2 Å². The number of carbonyl (C=O) groups is 2. The van der Waals surface area contributed by atoms with Crippen LogP contribution in [0.1, 0.15) is 52.4 Å². The van der Waals surface area contributed by atoms with Crippen LogP contribution < -0.4 is 0 Å². The van der Waals surface area contributed by atoms with Gasteiger partial charge in [0.2, 0.25) is 5.91 Å². The van der Waals surface area contributed by atoms with Gasteiger partial charge in [-0.05, 0) is 46.1 Å². The van der Waals surface area contributed by atoms with E-state index in [2.05, 4.69) is 0 Å². The van der Waals surface area contributed by atoms with E-state index in [0.717, 1.165) is 32.2 Å². The first-order chi connectivity index (χ1) is 11.6. The lowest BCUT2D eigenvalue weighted by atomic mass is 9.90. The number of morpholine rings is 1. The van der Waals surface area contributed by atoms with Gasteiger partial charge in [0.05, 0.1) is 31.4 Å². The summed E-state index contributed by atoms with van der Waals surface area (Å²) in [5.41, 5.74) is 0. The lowest BCUT2D eigenvalue weighted by Gasteiger charge is -2.44. The normalized spacial score (nSPS) is 31.1. The number of hydrogen-bond acceptors (Lipinski definition) is 5. The van der Waals surface area contributed by atoms with Crippen molar-refractivity contribution in [3.05, 3.63) is 0 Å². The maximum absolute atomic E-state index is 12.9. The molecule has 0 unspecified atom stereocenters. The van der Waals surface area contributed by atoms with E-state index in [0.29, 0.717) is 19.7 Å². The molecule has 6 nitrogen and oxygen atoms in total. The molecule has 1 aliphatic carbocycles. The predicted molar refractivity (Wildman–Crippen MR) is 89.5 cm³/mol. The molecule has 0 spiro atoms. The first-order valence-electron chi connectivity index (χ1n) is 9.42. The molecule has 3 fully saturated rings. The van der Waals surface area contributed by atoms with Crippen LogP contribution >= 0.6 is 0 Å². The number of hydrogen-bond donors (Lipinski definition) is 0. The smallest absolute Gasteiger partial charge is 0.323 e. The Morgan fingerprint density at radius 3 is 2.71 bits per heavy atom. The molecule has 0 aromatic carbocycles. The molecular weight excluding hydrogens is 308 g/mol. The molecule has 2 heterocycles. The number of amides is 1. The monoisotopic (exact) mass is 338 g/mol. The van der Waals surface area contributed by atoms with E-state index in [9.17, 15) is 9.59 Å². The van der Waals surface area contributed by atoms with Gasteiger partial charge >= 0.3 is 5.97 Å². The zero-order valence-electron chi connectivity index (χ0n) is 14.9. The maximum atomic E-state index is 12.9. The fraction of sp³-hybridized carbons (Fsp3) is 0.889. The Morgan fingerprint density at radius 1 is 1.12 bits per heavy atom. The Balaban J connectivity index is 1.59. The van der Waals surface area contributed by atoms with E-state index in [1.165, 1.54) is 12.8 Å². The average Bonchev–Trinajstić information content (AvgIpc) is 3.02. The number of nitrogens with zero attached hydrogens (tertiary/aromatic N) is 2. The van der Waals surface area contributed by atoms with E-state index < -0.39 is 0 Å². The lowest BCUT2D eigenvalue weighted by Crippen LogP contribution is -2.57. The number of esters is 1. The van der Waals surface area contributed by atoms with Gasteiger partial charge < -0.3 is 14.4 Å². The van der Waals surface area contributed by atoms with Crippen LogP contribution in [0, 0.1) is 0 Å². The van der Waals surface area contributed by atoms with Crippen molar-refractivity contribution in [2.45, 2.75) is 76.7 Å². The Hall–Kier alpha value is -1.14. The summed E-state index contributed by atoms with van der Waals surface area (Å²) in [6, 6.07) is -0.0387. The van der Waals surface area contributed by atoms with Crippen LogP contribution in [-0.4, -0.2) is 72.2 Å². The average molecular weight is 338 g/mol. The van der Waals surface area contributed by atoms with Gasteiger partial charge in [0.1, 0.15) is 6.04 Å². The van der Waals surface area contributed by atoms with Crippen LogP contribution in [0.4, 0.5) is 0 Å². The zero-order valence-corrected chi connectivity index (χ0v) is 14.9. The Bertz CT molecular complexity index is 466. The third kappa shape index (κ3) is 3.91. The summed E-state index contributed by atoms with van der Waals surface area (Å²) in [5, 5.41) is 0. The Labute approximate surface area is 144 Å². The highest BCUT2D eigenvalue weighted by Gasteiger charge is 2.39. The highest BCUT2D eigenvalue weighted by molar-refractivity contribution is 5.81. The minimum atomic E-state index is -0.264. The largest absolute Gasteiger partial charge is 0.462 e. The molecule has 0 aromatic rings. The molecule has 136 valence electrons. The van der Waals surface area contributed by atoms with Crippen molar-refractivity contribution in [2.24, 2.45) is 0 Å². The minimum absolute atomic E-state index is 0.113. The number of carbonyl (C=O) groups excluding carboxylic acids is 2. The van der Waals surface area contributed by atoms with Crippen LogP contribution in [0.15, 0.2) is 0 Å². The number of fused-ring (bicyclic) bond motifs is 1. The maximum Gasteiger partial charge on any atom is 0.323 e. The molecule has 6 heteroatoms. The number of rotatable bonds is 4. The molecule has 3 rings (SSSR count). The van der Waals surface area contributed by atoms with Crippen LogP contribution in [0.25, 0.3) is 0 Å². The van der Waals surface area contributed by atoms with Crippen molar-refractivity contribution in [2.75, 3.05) is 26.2 Å². The minimum Gasteiger partial charge on any atom is -0.462 e. The summed E-state index contributed by atoms with van der Waals surface area (Å²) in [6.07, 6.45) is 6.28. The Morgan fingerprint density at radius 2 is 1.92 bits per heavy atom. The topological polar surface area (TPSA) is 59.1 Å². The van der Waals surface area contributed by atoms with E-state index in [1.807, 2.05) is 23.6 Å². The van der Waals surface area contributed by atoms with Gasteiger partial charge in [-0.15, -0.1) is 0 Å². The Kier molecular flexibility index (Phi) is 5.76. The third-order valence-corrected chi connectivity index (χ3v) is 5.38. The molecule has 0 radical (unpaired) electrons. The fourth-order valence-corrected chi connectivity index (χ4v) is 4.26. The molecule has 0 aromatic heterocycles. The fourth-order valence-electron chi connectivity index (χ4n) is 4.26. The van der Waals surface area contributed by atoms with Crippen molar-refractivity contribution < 1.29 is 19.1 Å². The van der Waals surface area contributed by atoms with Crippen LogP contribution in [-0.2, 0) is 19.1 Å². The molecule has 2 aliphatic heterocycles. The van der Waals surface area contributed by atoms with Crippen LogP contribution in [0.2, 0.25) is 0 Å². The summed E-state index contributed by atoms with van der Waals surface area (Å²) in [6.45, 7) is 6.14. The number of likely N-dealkylation sites (tertiary alicyclic amines) is 1. The summed E-state index contributed by atoms with van der Waals surface area (Å²) >= 11 is 0.